The molecule has 0 saturated carbocycles. The minimum Gasteiger partial charge on any atom is -0.407 e. The molecular formula is C27H35O3PSi. The lowest BCUT2D eigenvalue weighted by molar-refractivity contribution is 0.0405. The van der Waals surface area contributed by atoms with Gasteiger partial charge in [-0.3, -0.25) is 0 Å². The van der Waals surface area contributed by atoms with Crippen LogP contribution in [0.4, 0.5) is 0 Å². The largest absolute Gasteiger partial charge is 0.407 e. The predicted octanol–water partition coefficient (Wildman–Crippen LogP) is 6.12. The molecule has 3 rings (SSSR count). The van der Waals surface area contributed by atoms with Crippen molar-refractivity contribution >= 4 is 26.1 Å². The van der Waals surface area contributed by atoms with Crippen LogP contribution in [0, 0.1) is 0 Å². The van der Waals surface area contributed by atoms with Crippen molar-refractivity contribution in [3.63, 3.8) is 0 Å². The minimum atomic E-state index is -3.08. The Balaban J connectivity index is 2.03. The summed E-state index contributed by atoms with van der Waals surface area (Å²) in [6.07, 6.45) is -1.34. The van der Waals surface area contributed by atoms with E-state index in [0.29, 0.717) is 0 Å². The number of aliphatic hydroxyl groups is 1. The van der Waals surface area contributed by atoms with E-state index in [1.165, 1.54) is 0 Å². The molecular weight excluding hydrogens is 431 g/mol. The Morgan fingerprint density at radius 1 is 0.812 bits per heavy atom. The van der Waals surface area contributed by atoms with Crippen LogP contribution in [0.25, 0.3) is 0 Å². The van der Waals surface area contributed by atoms with Crippen LogP contribution < -0.4 is 10.6 Å². The van der Waals surface area contributed by atoms with Crippen molar-refractivity contribution in [2.24, 2.45) is 0 Å². The standard InChI is InChI=1S/C27H35O3PSi/c1-27(2,3)32(4,5)30-26(22-15-9-6-10-16-22)25(28)21-31(29,23-17-11-7-12-18-23)24-19-13-8-14-20-24/h6-20,25-26,28H,21H2,1-5H3/t25-,26+/m1/s1. The first kappa shape index (κ1) is 24.7. The number of hydrogen-bond donors (Lipinski definition) is 1. The van der Waals surface area contributed by atoms with Crippen LogP contribution in [-0.2, 0) is 8.99 Å². The van der Waals surface area contributed by atoms with Crippen molar-refractivity contribution in [3.05, 3.63) is 96.6 Å². The lowest BCUT2D eigenvalue weighted by Gasteiger charge is -2.41. The van der Waals surface area contributed by atoms with Crippen molar-refractivity contribution in [1.82, 2.24) is 0 Å². The monoisotopic (exact) mass is 466 g/mol. The van der Waals surface area contributed by atoms with E-state index in [2.05, 4.69) is 33.9 Å². The van der Waals surface area contributed by atoms with E-state index in [1.807, 2.05) is 91.0 Å². The van der Waals surface area contributed by atoms with Crippen LogP contribution in [0.1, 0.15) is 32.4 Å². The second-order valence-corrected chi connectivity index (χ2v) is 17.5. The molecule has 0 bridgehead atoms. The van der Waals surface area contributed by atoms with Crippen LogP contribution >= 0.6 is 7.14 Å². The van der Waals surface area contributed by atoms with Crippen LogP contribution in [0.3, 0.4) is 0 Å². The third-order valence-corrected chi connectivity index (χ3v) is 14.1. The maximum Gasteiger partial charge on any atom is 0.193 e. The van der Waals surface area contributed by atoms with E-state index in [4.69, 9.17) is 4.43 Å². The zero-order chi connectivity index (χ0) is 23.4. The highest BCUT2D eigenvalue weighted by molar-refractivity contribution is 7.78. The molecule has 170 valence electrons. The lowest BCUT2D eigenvalue weighted by atomic mass is 10.1. The molecule has 3 aromatic rings. The van der Waals surface area contributed by atoms with Gasteiger partial charge in [0.15, 0.2) is 8.32 Å². The van der Waals surface area contributed by atoms with Gasteiger partial charge >= 0.3 is 0 Å². The summed E-state index contributed by atoms with van der Waals surface area (Å²) in [7, 11) is -5.27. The quantitative estimate of drug-likeness (QED) is 0.321. The summed E-state index contributed by atoms with van der Waals surface area (Å²) in [6.45, 7) is 10.9. The molecule has 0 radical (unpaired) electrons. The highest BCUT2D eigenvalue weighted by Gasteiger charge is 2.42. The fourth-order valence-electron chi connectivity index (χ4n) is 3.56. The van der Waals surface area contributed by atoms with Gasteiger partial charge in [0.1, 0.15) is 7.14 Å². The summed E-state index contributed by atoms with van der Waals surface area (Å²) < 4.78 is 21.3. The zero-order valence-electron chi connectivity index (χ0n) is 19.7. The first-order valence-corrected chi connectivity index (χ1v) is 16.0. The van der Waals surface area contributed by atoms with Crippen molar-refractivity contribution in [3.8, 4) is 0 Å². The van der Waals surface area contributed by atoms with E-state index in [9.17, 15) is 9.67 Å². The molecule has 5 heteroatoms. The number of hydrogen-bond acceptors (Lipinski definition) is 3. The van der Waals surface area contributed by atoms with Gasteiger partial charge in [0.05, 0.1) is 12.2 Å². The van der Waals surface area contributed by atoms with E-state index in [1.54, 1.807) is 0 Å². The van der Waals surface area contributed by atoms with Gasteiger partial charge in [-0.1, -0.05) is 112 Å². The summed E-state index contributed by atoms with van der Waals surface area (Å²) >= 11 is 0. The molecule has 0 aromatic heterocycles. The van der Waals surface area contributed by atoms with Gasteiger partial charge in [0.2, 0.25) is 0 Å². The average molecular weight is 467 g/mol. The van der Waals surface area contributed by atoms with Crippen LogP contribution in [0.2, 0.25) is 18.1 Å². The summed E-state index contributed by atoms with van der Waals surface area (Å²) in [5.41, 5.74) is 0.914. The molecule has 1 N–H and O–H groups in total. The van der Waals surface area contributed by atoms with Gasteiger partial charge in [-0.25, -0.2) is 0 Å². The third-order valence-electron chi connectivity index (χ3n) is 6.50. The summed E-state index contributed by atoms with van der Waals surface area (Å²) in [5, 5.41) is 13.1. The molecule has 0 saturated heterocycles. The molecule has 0 aliphatic heterocycles. The second-order valence-electron chi connectivity index (χ2n) is 9.87. The number of aliphatic hydroxyl groups excluding tert-OH is 1. The Labute approximate surface area is 194 Å². The lowest BCUT2D eigenvalue weighted by Crippen LogP contribution is -2.44. The molecule has 0 aliphatic rings. The SMILES string of the molecule is CC(C)(C)[Si](C)(C)O[C@@H](c1ccccc1)[C@H](O)CP(=O)(c1ccccc1)c1ccccc1. The van der Waals surface area contributed by atoms with E-state index >= 15 is 0 Å². The molecule has 0 unspecified atom stereocenters. The van der Waals surface area contributed by atoms with Crippen molar-refractivity contribution in [1.29, 1.82) is 0 Å². The maximum absolute atomic E-state index is 14.5. The number of benzene rings is 3. The van der Waals surface area contributed by atoms with Crippen LogP contribution in [0.15, 0.2) is 91.0 Å². The fourth-order valence-corrected chi connectivity index (χ4v) is 7.59. The molecule has 0 aliphatic carbocycles. The molecule has 0 amide bonds. The molecule has 0 fully saturated rings. The first-order valence-electron chi connectivity index (χ1n) is 11.2. The van der Waals surface area contributed by atoms with Crippen molar-refractivity contribution in [2.45, 2.75) is 51.1 Å². The topological polar surface area (TPSA) is 46.5 Å². The van der Waals surface area contributed by atoms with Crippen molar-refractivity contribution < 1.29 is 14.1 Å². The maximum atomic E-state index is 14.5. The summed E-state index contributed by atoms with van der Waals surface area (Å²) in [5.74, 6) is 0. The molecule has 0 spiro atoms. The highest BCUT2D eigenvalue weighted by atomic mass is 31.2. The predicted molar refractivity (Wildman–Crippen MR) is 138 cm³/mol. The number of rotatable bonds is 8. The van der Waals surface area contributed by atoms with Crippen LogP contribution in [-0.4, -0.2) is 25.7 Å². The van der Waals surface area contributed by atoms with Gasteiger partial charge in [0.25, 0.3) is 0 Å². The second kappa shape index (κ2) is 9.89. The average Bonchev–Trinajstić information content (AvgIpc) is 2.78. The van der Waals surface area contributed by atoms with Gasteiger partial charge in [-0.05, 0) is 23.7 Å². The third kappa shape index (κ3) is 5.50. The summed E-state index contributed by atoms with van der Waals surface area (Å²) in [4.78, 5) is 0. The molecule has 3 aromatic carbocycles. The molecule has 2 atom stereocenters. The Kier molecular flexibility index (Phi) is 7.62. The Morgan fingerprint density at radius 3 is 1.62 bits per heavy atom. The molecule has 3 nitrogen and oxygen atoms in total. The van der Waals surface area contributed by atoms with Crippen LogP contribution in [0.5, 0.6) is 0 Å². The summed E-state index contributed by atoms with van der Waals surface area (Å²) in [6, 6.07) is 28.9. The molecule has 0 heterocycles. The van der Waals surface area contributed by atoms with Gasteiger partial charge in [0, 0.05) is 16.8 Å². The molecule has 32 heavy (non-hydrogen) atoms. The van der Waals surface area contributed by atoms with E-state index in [-0.39, 0.29) is 11.2 Å². The normalized spacial score (nSPS) is 14.7. The first-order chi connectivity index (χ1) is 15.0. The Bertz CT molecular complexity index is 987. The smallest absolute Gasteiger partial charge is 0.193 e. The van der Waals surface area contributed by atoms with E-state index < -0.39 is 27.7 Å². The van der Waals surface area contributed by atoms with Gasteiger partial charge in [-0.2, -0.15) is 0 Å². The highest BCUT2D eigenvalue weighted by Crippen LogP contribution is 2.47. The zero-order valence-corrected chi connectivity index (χ0v) is 21.6. The minimum absolute atomic E-state index is 0.0116. The Hall–Kier alpha value is -1.97. The van der Waals surface area contributed by atoms with E-state index in [0.717, 1.165) is 16.2 Å². The van der Waals surface area contributed by atoms with Gasteiger partial charge < -0.3 is 14.1 Å². The van der Waals surface area contributed by atoms with Crippen molar-refractivity contribution in [2.75, 3.05) is 6.16 Å². The fraction of sp³-hybridized carbons (Fsp3) is 0.333. The van der Waals surface area contributed by atoms with Gasteiger partial charge in [-0.15, -0.1) is 0 Å². The Morgan fingerprint density at radius 2 is 1.22 bits per heavy atom.